The van der Waals surface area contributed by atoms with Gasteiger partial charge in [-0.05, 0) is 49.1 Å². The van der Waals surface area contributed by atoms with Crippen molar-refractivity contribution in [1.82, 2.24) is 19.7 Å². The molecule has 0 amide bonds. The molecule has 32 heavy (non-hydrogen) atoms. The molecule has 8 nitrogen and oxygen atoms in total. The Morgan fingerprint density at radius 3 is 2.78 bits per heavy atom. The van der Waals surface area contributed by atoms with E-state index < -0.39 is 11.6 Å². The summed E-state index contributed by atoms with van der Waals surface area (Å²) >= 11 is 0. The molecule has 4 aromatic rings. The van der Waals surface area contributed by atoms with Crippen molar-refractivity contribution in [1.29, 1.82) is 0 Å². The van der Waals surface area contributed by atoms with Gasteiger partial charge in [-0.25, -0.2) is 14.2 Å². The standard InChI is InChI=1S/C21H21FN4O4.C2H6/c1-26-19(14-9-18-20(23-10-14)25-21(28)30-18)13(11-24-26)4-2-3-7-29-17-6-5-16(22)8-15(17)12-27;1-2/h5-6,8-11,27H,2-4,7,12H2,1H3,(H,23,25,28);1-2H3. The molecule has 1 aromatic carbocycles. The summed E-state index contributed by atoms with van der Waals surface area (Å²) in [4.78, 5) is 18.1. The Morgan fingerprint density at radius 1 is 1.19 bits per heavy atom. The Balaban J connectivity index is 0.00000141. The molecule has 9 heteroatoms. The van der Waals surface area contributed by atoms with Crippen LogP contribution in [0.2, 0.25) is 0 Å². The number of aryl methyl sites for hydroxylation is 2. The van der Waals surface area contributed by atoms with E-state index in [1.807, 2.05) is 27.1 Å². The maximum absolute atomic E-state index is 13.2. The van der Waals surface area contributed by atoms with E-state index in [4.69, 9.17) is 9.15 Å². The lowest BCUT2D eigenvalue weighted by atomic mass is 10.0. The van der Waals surface area contributed by atoms with Crippen LogP contribution in [0, 0.1) is 5.82 Å². The largest absolute Gasteiger partial charge is 0.493 e. The number of ether oxygens (including phenoxy) is 1. The van der Waals surface area contributed by atoms with E-state index in [-0.39, 0.29) is 6.61 Å². The Morgan fingerprint density at radius 2 is 2.00 bits per heavy atom. The predicted octanol–water partition coefficient (Wildman–Crippen LogP) is 3.98. The summed E-state index contributed by atoms with van der Waals surface area (Å²) in [5.74, 6) is -0.444. The second kappa shape index (κ2) is 10.7. The van der Waals surface area contributed by atoms with Crippen molar-refractivity contribution < 1.29 is 18.7 Å². The number of fused-ring (bicyclic) bond motifs is 1. The third-order valence-corrected chi connectivity index (χ3v) is 4.85. The molecule has 0 fully saturated rings. The van der Waals surface area contributed by atoms with Gasteiger partial charge in [-0.3, -0.25) is 9.67 Å². The number of oxazole rings is 1. The molecule has 0 saturated heterocycles. The van der Waals surface area contributed by atoms with Gasteiger partial charge in [0.1, 0.15) is 11.6 Å². The lowest BCUT2D eigenvalue weighted by molar-refractivity contribution is 0.259. The highest BCUT2D eigenvalue weighted by Gasteiger charge is 2.14. The number of nitrogens with zero attached hydrogens (tertiary/aromatic N) is 3. The van der Waals surface area contributed by atoms with Crippen molar-refractivity contribution in [2.75, 3.05) is 6.61 Å². The highest BCUT2D eigenvalue weighted by Crippen LogP contribution is 2.26. The number of H-pyrrole nitrogens is 1. The summed E-state index contributed by atoms with van der Waals surface area (Å²) in [6, 6.07) is 5.89. The van der Waals surface area contributed by atoms with Crippen LogP contribution in [0.15, 0.2) is 45.9 Å². The number of aromatic nitrogens is 4. The first-order valence-electron chi connectivity index (χ1n) is 10.6. The maximum atomic E-state index is 13.2. The number of halogens is 1. The quantitative estimate of drug-likeness (QED) is 0.400. The molecule has 4 rings (SSSR count). The average Bonchev–Trinajstić information content (AvgIpc) is 3.36. The Kier molecular flexibility index (Phi) is 7.77. The van der Waals surface area contributed by atoms with Gasteiger partial charge in [-0.15, -0.1) is 0 Å². The average molecular weight is 442 g/mol. The molecule has 0 aliphatic rings. The first-order chi connectivity index (χ1) is 15.5. The van der Waals surface area contributed by atoms with Gasteiger partial charge in [-0.2, -0.15) is 5.10 Å². The summed E-state index contributed by atoms with van der Waals surface area (Å²) < 4.78 is 25.8. The van der Waals surface area contributed by atoms with Crippen molar-refractivity contribution in [3.63, 3.8) is 0 Å². The van der Waals surface area contributed by atoms with Crippen molar-refractivity contribution in [3.8, 4) is 17.0 Å². The number of unbranched alkanes of at least 4 members (excludes halogenated alkanes) is 1. The van der Waals surface area contributed by atoms with Crippen LogP contribution in [0.3, 0.4) is 0 Å². The monoisotopic (exact) mass is 442 g/mol. The minimum atomic E-state index is -0.537. The molecule has 3 aromatic heterocycles. The number of rotatable bonds is 8. The number of nitrogens with one attached hydrogen (secondary N) is 1. The van der Waals surface area contributed by atoms with E-state index in [1.165, 1.54) is 18.2 Å². The second-order valence-electron chi connectivity index (χ2n) is 6.94. The topological polar surface area (TPSA) is 106 Å². The van der Waals surface area contributed by atoms with Gasteiger partial charge in [0.2, 0.25) is 0 Å². The summed E-state index contributed by atoms with van der Waals surface area (Å²) in [5.41, 5.74) is 4.02. The first kappa shape index (κ1) is 23.2. The first-order valence-corrected chi connectivity index (χ1v) is 10.6. The van der Waals surface area contributed by atoms with Gasteiger partial charge < -0.3 is 14.3 Å². The van der Waals surface area contributed by atoms with Gasteiger partial charge in [0.05, 0.1) is 25.1 Å². The normalized spacial score (nSPS) is 10.8. The molecule has 0 spiro atoms. The number of benzene rings is 1. The van der Waals surface area contributed by atoms with Crippen LogP contribution in [0.1, 0.15) is 37.8 Å². The summed E-state index contributed by atoms with van der Waals surface area (Å²) in [5, 5.41) is 13.7. The maximum Gasteiger partial charge on any atom is 0.418 e. The molecule has 170 valence electrons. The van der Waals surface area contributed by atoms with Crippen LogP contribution < -0.4 is 10.5 Å². The third-order valence-electron chi connectivity index (χ3n) is 4.85. The third kappa shape index (κ3) is 5.23. The second-order valence-corrected chi connectivity index (χ2v) is 6.94. The lowest BCUT2D eigenvalue weighted by Crippen LogP contribution is -2.02. The number of pyridine rings is 1. The minimum absolute atomic E-state index is 0.272. The molecule has 0 atom stereocenters. The van der Waals surface area contributed by atoms with Crippen LogP contribution in [-0.2, 0) is 20.1 Å². The van der Waals surface area contributed by atoms with Crippen LogP contribution in [0.25, 0.3) is 22.5 Å². The van der Waals surface area contributed by atoms with Gasteiger partial charge in [0.15, 0.2) is 11.2 Å². The molecule has 0 bridgehead atoms. The molecule has 0 saturated carbocycles. The van der Waals surface area contributed by atoms with Crippen molar-refractivity contribution >= 4 is 11.2 Å². The zero-order chi connectivity index (χ0) is 23.1. The van der Waals surface area contributed by atoms with E-state index in [0.717, 1.165) is 36.1 Å². The smallest absolute Gasteiger partial charge is 0.418 e. The highest BCUT2D eigenvalue weighted by molar-refractivity contribution is 5.75. The minimum Gasteiger partial charge on any atom is -0.493 e. The lowest BCUT2D eigenvalue weighted by Gasteiger charge is -2.10. The number of hydrogen-bond donors (Lipinski definition) is 2. The summed E-state index contributed by atoms with van der Waals surface area (Å²) in [7, 11) is 1.85. The number of aliphatic hydroxyl groups is 1. The van der Waals surface area contributed by atoms with Gasteiger partial charge in [0, 0.05) is 24.4 Å². The van der Waals surface area contributed by atoms with Crippen LogP contribution in [-0.4, -0.2) is 31.5 Å². The zero-order valence-corrected chi connectivity index (χ0v) is 18.4. The number of hydrogen-bond acceptors (Lipinski definition) is 6. The molecule has 2 N–H and O–H groups in total. The van der Waals surface area contributed by atoms with E-state index >= 15 is 0 Å². The summed E-state index contributed by atoms with van der Waals surface area (Å²) in [6.07, 6.45) is 5.90. The van der Waals surface area contributed by atoms with Gasteiger partial charge in [0.25, 0.3) is 0 Å². The molecular formula is C23H27FN4O4. The SMILES string of the molecule is CC.Cn1ncc(CCCCOc2ccc(F)cc2CO)c1-c1cnc2[nH]c(=O)oc2c1. The van der Waals surface area contributed by atoms with Crippen LogP contribution >= 0.6 is 0 Å². The molecule has 3 heterocycles. The Hall–Kier alpha value is -3.46. The zero-order valence-electron chi connectivity index (χ0n) is 18.4. The van der Waals surface area contributed by atoms with Gasteiger partial charge in [-0.1, -0.05) is 13.8 Å². The van der Waals surface area contributed by atoms with Crippen molar-refractivity contribution in [2.45, 2.75) is 39.7 Å². The van der Waals surface area contributed by atoms with Crippen molar-refractivity contribution in [2.24, 2.45) is 7.05 Å². The van der Waals surface area contributed by atoms with E-state index in [1.54, 1.807) is 16.9 Å². The van der Waals surface area contributed by atoms with E-state index in [2.05, 4.69) is 15.1 Å². The number of aliphatic hydroxyl groups excluding tert-OH is 1. The Bertz CT molecular complexity index is 1230. The molecule has 0 radical (unpaired) electrons. The highest BCUT2D eigenvalue weighted by atomic mass is 19.1. The molecule has 0 aliphatic carbocycles. The summed E-state index contributed by atoms with van der Waals surface area (Å²) in [6.45, 7) is 4.18. The van der Waals surface area contributed by atoms with Crippen LogP contribution in [0.5, 0.6) is 5.75 Å². The fourth-order valence-electron chi connectivity index (χ4n) is 3.42. The molecule has 0 aliphatic heterocycles. The fraction of sp³-hybridized carbons (Fsp3) is 0.348. The van der Waals surface area contributed by atoms with Gasteiger partial charge >= 0.3 is 5.76 Å². The molecule has 0 unspecified atom stereocenters. The predicted molar refractivity (Wildman–Crippen MR) is 119 cm³/mol. The molecular weight excluding hydrogens is 415 g/mol. The van der Waals surface area contributed by atoms with E-state index in [9.17, 15) is 14.3 Å². The van der Waals surface area contributed by atoms with Crippen LogP contribution in [0.4, 0.5) is 4.39 Å². The fourth-order valence-corrected chi connectivity index (χ4v) is 3.42. The number of aromatic amines is 1. The Labute approximate surface area is 184 Å². The van der Waals surface area contributed by atoms with Crippen molar-refractivity contribution in [3.05, 3.63) is 64.2 Å². The van der Waals surface area contributed by atoms with E-state index in [0.29, 0.717) is 29.2 Å².